The van der Waals surface area contributed by atoms with Crippen molar-refractivity contribution < 1.29 is 4.79 Å². The van der Waals surface area contributed by atoms with Crippen LogP contribution in [-0.2, 0) is 4.79 Å². The van der Waals surface area contributed by atoms with E-state index in [1.54, 1.807) is 0 Å². The molecule has 0 aromatic heterocycles. The molecule has 0 aliphatic carbocycles. The number of nitrogens with zero attached hydrogens (tertiary/aromatic N) is 2. The molecule has 4 heteroatoms. The molecule has 1 atom stereocenters. The molecule has 0 N–H and O–H groups in total. The third-order valence-electron chi connectivity index (χ3n) is 3.87. The second-order valence-corrected chi connectivity index (χ2v) is 6.02. The molecule has 0 aromatic carbocycles. The first-order chi connectivity index (χ1) is 7.70. The molecule has 2 fully saturated rings. The van der Waals surface area contributed by atoms with Crippen LogP contribution in [-0.4, -0.2) is 53.3 Å². The maximum absolute atomic E-state index is 11.8. The van der Waals surface area contributed by atoms with Gasteiger partial charge in [0.15, 0.2) is 0 Å². The van der Waals surface area contributed by atoms with Gasteiger partial charge in [-0.05, 0) is 44.8 Å². The van der Waals surface area contributed by atoms with E-state index < -0.39 is 0 Å². The number of carbonyl (C=O) groups is 1. The lowest BCUT2D eigenvalue weighted by molar-refractivity contribution is -0.127. The van der Waals surface area contributed by atoms with Crippen LogP contribution in [0.25, 0.3) is 0 Å². The highest BCUT2D eigenvalue weighted by Crippen LogP contribution is 2.23. The molecule has 0 saturated carbocycles. The van der Waals surface area contributed by atoms with Crippen LogP contribution in [0.15, 0.2) is 0 Å². The van der Waals surface area contributed by atoms with E-state index in [2.05, 4.69) is 27.8 Å². The Labute approximate surface area is 106 Å². The van der Waals surface area contributed by atoms with Crippen LogP contribution in [0.3, 0.4) is 0 Å². The minimum Gasteiger partial charge on any atom is -0.341 e. The zero-order valence-corrected chi connectivity index (χ0v) is 11.6. The van der Waals surface area contributed by atoms with Crippen LogP contribution in [0.2, 0.25) is 0 Å². The highest BCUT2D eigenvalue weighted by atomic mass is 79.9. The fourth-order valence-electron chi connectivity index (χ4n) is 2.68. The van der Waals surface area contributed by atoms with Crippen molar-refractivity contribution in [1.29, 1.82) is 0 Å². The highest BCUT2D eigenvalue weighted by molar-refractivity contribution is 9.10. The molecule has 2 heterocycles. The highest BCUT2D eigenvalue weighted by Gasteiger charge is 2.31. The van der Waals surface area contributed by atoms with Gasteiger partial charge >= 0.3 is 0 Å². The third kappa shape index (κ3) is 2.77. The van der Waals surface area contributed by atoms with Gasteiger partial charge in [0, 0.05) is 13.1 Å². The fraction of sp³-hybridized carbons (Fsp3) is 0.917. The van der Waals surface area contributed by atoms with Crippen molar-refractivity contribution in [3.8, 4) is 0 Å². The summed E-state index contributed by atoms with van der Waals surface area (Å²) < 4.78 is 0. The number of likely N-dealkylation sites (tertiary alicyclic amines) is 2. The number of piperidine rings is 1. The van der Waals surface area contributed by atoms with Gasteiger partial charge < -0.3 is 9.80 Å². The Morgan fingerprint density at radius 2 is 1.94 bits per heavy atom. The molecule has 0 bridgehead atoms. The number of amides is 1. The molecule has 0 radical (unpaired) electrons. The van der Waals surface area contributed by atoms with E-state index in [1.165, 1.54) is 32.5 Å². The molecule has 1 unspecified atom stereocenters. The fourth-order valence-corrected chi connectivity index (χ4v) is 3.17. The van der Waals surface area contributed by atoms with E-state index in [4.69, 9.17) is 0 Å². The van der Waals surface area contributed by atoms with Crippen LogP contribution >= 0.6 is 15.9 Å². The Hall–Kier alpha value is -0.0900. The number of carbonyl (C=O) groups excluding carboxylic acids is 1. The van der Waals surface area contributed by atoms with E-state index >= 15 is 0 Å². The second-order valence-electron chi connectivity index (χ2n) is 4.92. The molecule has 2 aliphatic rings. The zero-order chi connectivity index (χ0) is 11.5. The van der Waals surface area contributed by atoms with Gasteiger partial charge in [-0.3, -0.25) is 4.79 Å². The van der Waals surface area contributed by atoms with Gasteiger partial charge in [0.2, 0.25) is 5.91 Å². The monoisotopic (exact) mass is 288 g/mol. The standard InChI is InChI=1S/C12H21BrN2O/c1-2-14-6-3-10(4-7-14)9-15-8-5-11(13)12(15)16/h10-11H,2-9H2,1H3. The molecule has 0 spiro atoms. The number of rotatable bonds is 3. The average molecular weight is 289 g/mol. The number of hydrogen-bond donors (Lipinski definition) is 0. The van der Waals surface area contributed by atoms with Crippen molar-refractivity contribution in [2.75, 3.05) is 32.7 Å². The lowest BCUT2D eigenvalue weighted by atomic mass is 9.96. The predicted octanol–water partition coefficient (Wildman–Crippen LogP) is 1.71. The van der Waals surface area contributed by atoms with E-state index in [0.717, 1.165) is 25.4 Å². The van der Waals surface area contributed by atoms with E-state index in [-0.39, 0.29) is 4.83 Å². The molecule has 1 amide bonds. The summed E-state index contributed by atoms with van der Waals surface area (Å²) in [6.07, 6.45) is 3.49. The Bertz CT molecular complexity index is 251. The molecule has 16 heavy (non-hydrogen) atoms. The first kappa shape index (κ1) is 12.4. The van der Waals surface area contributed by atoms with Crippen LogP contribution < -0.4 is 0 Å². The SMILES string of the molecule is CCN1CCC(CN2CCC(Br)C2=O)CC1. The molecule has 2 saturated heterocycles. The van der Waals surface area contributed by atoms with E-state index in [9.17, 15) is 4.79 Å². The summed E-state index contributed by atoms with van der Waals surface area (Å²) >= 11 is 3.43. The van der Waals surface area contributed by atoms with Gasteiger partial charge in [0.05, 0.1) is 4.83 Å². The maximum Gasteiger partial charge on any atom is 0.236 e. The van der Waals surface area contributed by atoms with Gasteiger partial charge in [0.25, 0.3) is 0 Å². The molecule has 2 aliphatic heterocycles. The van der Waals surface area contributed by atoms with Crippen LogP contribution in [0.4, 0.5) is 0 Å². The van der Waals surface area contributed by atoms with Gasteiger partial charge in [0.1, 0.15) is 0 Å². The van der Waals surface area contributed by atoms with Crippen LogP contribution in [0, 0.1) is 5.92 Å². The minimum absolute atomic E-state index is 0.0863. The van der Waals surface area contributed by atoms with Gasteiger partial charge in [-0.15, -0.1) is 0 Å². The Kier molecular flexibility index (Phi) is 4.25. The molecular weight excluding hydrogens is 268 g/mol. The van der Waals surface area contributed by atoms with E-state index in [1.807, 2.05) is 4.90 Å². The number of alkyl halides is 1. The lowest BCUT2D eigenvalue weighted by Gasteiger charge is -2.33. The molecule has 0 aromatic rings. The second kappa shape index (κ2) is 5.50. The van der Waals surface area contributed by atoms with Crippen molar-refractivity contribution in [3.05, 3.63) is 0 Å². The van der Waals surface area contributed by atoms with Crippen molar-refractivity contribution in [3.63, 3.8) is 0 Å². The van der Waals surface area contributed by atoms with Crippen LogP contribution in [0.1, 0.15) is 26.2 Å². The third-order valence-corrected chi connectivity index (χ3v) is 4.71. The first-order valence-electron chi connectivity index (χ1n) is 6.36. The zero-order valence-electron chi connectivity index (χ0n) is 9.99. The van der Waals surface area contributed by atoms with Gasteiger partial charge in [-0.2, -0.15) is 0 Å². The van der Waals surface area contributed by atoms with E-state index in [0.29, 0.717) is 5.91 Å². The Morgan fingerprint density at radius 1 is 1.25 bits per heavy atom. The van der Waals surface area contributed by atoms with Gasteiger partial charge in [-0.1, -0.05) is 22.9 Å². The number of halogens is 1. The Morgan fingerprint density at radius 3 is 2.44 bits per heavy atom. The molecule has 3 nitrogen and oxygen atoms in total. The predicted molar refractivity (Wildman–Crippen MR) is 68.8 cm³/mol. The smallest absolute Gasteiger partial charge is 0.236 e. The largest absolute Gasteiger partial charge is 0.341 e. The summed E-state index contributed by atoms with van der Waals surface area (Å²) in [5, 5.41) is 0. The first-order valence-corrected chi connectivity index (χ1v) is 7.27. The summed E-state index contributed by atoms with van der Waals surface area (Å²) in [5.41, 5.74) is 0. The molecule has 92 valence electrons. The summed E-state index contributed by atoms with van der Waals surface area (Å²) in [5.74, 6) is 1.03. The summed E-state index contributed by atoms with van der Waals surface area (Å²) in [4.78, 5) is 16.4. The molecular formula is C12H21BrN2O. The summed E-state index contributed by atoms with van der Waals surface area (Å²) in [6.45, 7) is 7.74. The lowest BCUT2D eigenvalue weighted by Crippen LogP contribution is -2.39. The van der Waals surface area contributed by atoms with Crippen molar-refractivity contribution >= 4 is 21.8 Å². The normalized spacial score (nSPS) is 29.0. The van der Waals surface area contributed by atoms with Crippen molar-refractivity contribution in [2.45, 2.75) is 31.0 Å². The van der Waals surface area contributed by atoms with Gasteiger partial charge in [-0.25, -0.2) is 0 Å². The average Bonchev–Trinajstić information content (AvgIpc) is 2.62. The minimum atomic E-state index is 0.0863. The Balaban J connectivity index is 1.77. The summed E-state index contributed by atoms with van der Waals surface area (Å²) in [7, 11) is 0. The topological polar surface area (TPSA) is 23.6 Å². The number of hydrogen-bond acceptors (Lipinski definition) is 2. The van der Waals surface area contributed by atoms with Crippen LogP contribution in [0.5, 0.6) is 0 Å². The quantitative estimate of drug-likeness (QED) is 0.739. The van der Waals surface area contributed by atoms with Crippen molar-refractivity contribution in [1.82, 2.24) is 9.80 Å². The maximum atomic E-state index is 11.8. The van der Waals surface area contributed by atoms with Crippen molar-refractivity contribution in [2.24, 2.45) is 5.92 Å². The molecule has 2 rings (SSSR count). The summed E-state index contributed by atoms with van der Waals surface area (Å²) in [6, 6.07) is 0.